The smallest absolute Gasteiger partial charge is 0.331 e. The van der Waals surface area contributed by atoms with E-state index in [-0.39, 0.29) is 0 Å². The molecular formula is C12H14N4O3. The van der Waals surface area contributed by atoms with Gasteiger partial charge in [0.2, 0.25) is 0 Å². The maximum absolute atomic E-state index is 12.0. The van der Waals surface area contributed by atoms with Crippen molar-refractivity contribution in [3.8, 4) is 0 Å². The van der Waals surface area contributed by atoms with Crippen LogP contribution in [0.1, 0.15) is 22.1 Å². The minimum Gasteiger partial charge on any atom is -0.479 e. The standard InChI is InChI=1S/C12H14N4O3/c1-15-5-3-4-9(15)11(17)14-10(12(18)19)8-6-13-16(2)7-8/h3-7,10H,1-2H3,(H,14,17)(H,18,19). The van der Waals surface area contributed by atoms with Crippen LogP contribution < -0.4 is 5.32 Å². The van der Waals surface area contributed by atoms with Gasteiger partial charge in [-0.15, -0.1) is 0 Å². The largest absolute Gasteiger partial charge is 0.479 e. The Morgan fingerprint density at radius 1 is 1.42 bits per heavy atom. The molecule has 100 valence electrons. The van der Waals surface area contributed by atoms with Crippen LogP contribution >= 0.6 is 0 Å². The molecule has 0 radical (unpaired) electrons. The Bertz CT molecular complexity index is 614. The fourth-order valence-electron chi connectivity index (χ4n) is 1.78. The quantitative estimate of drug-likeness (QED) is 0.830. The van der Waals surface area contributed by atoms with Gasteiger partial charge in [-0.3, -0.25) is 9.48 Å². The van der Waals surface area contributed by atoms with E-state index in [0.29, 0.717) is 11.3 Å². The lowest BCUT2D eigenvalue weighted by Crippen LogP contribution is -2.34. The van der Waals surface area contributed by atoms with Crippen LogP contribution in [0.3, 0.4) is 0 Å². The van der Waals surface area contributed by atoms with Crippen LogP contribution in [0, 0.1) is 0 Å². The number of aliphatic carboxylic acids is 1. The fraction of sp³-hybridized carbons (Fsp3) is 0.250. The number of hydrogen-bond donors (Lipinski definition) is 2. The molecule has 0 fully saturated rings. The minimum atomic E-state index is -1.13. The summed E-state index contributed by atoms with van der Waals surface area (Å²) < 4.78 is 3.11. The number of aromatic nitrogens is 3. The first-order valence-electron chi connectivity index (χ1n) is 5.62. The lowest BCUT2D eigenvalue weighted by atomic mass is 10.1. The Hall–Kier alpha value is -2.57. The molecular weight excluding hydrogens is 248 g/mol. The van der Waals surface area contributed by atoms with Gasteiger partial charge in [-0.25, -0.2) is 4.79 Å². The van der Waals surface area contributed by atoms with Gasteiger partial charge >= 0.3 is 5.97 Å². The third-order valence-corrected chi connectivity index (χ3v) is 2.76. The van der Waals surface area contributed by atoms with Crippen LogP contribution in [-0.2, 0) is 18.9 Å². The average Bonchev–Trinajstić information content (AvgIpc) is 2.94. The third-order valence-electron chi connectivity index (χ3n) is 2.76. The third kappa shape index (κ3) is 2.65. The van der Waals surface area contributed by atoms with E-state index in [2.05, 4.69) is 10.4 Å². The minimum absolute atomic E-state index is 0.398. The van der Waals surface area contributed by atoms with Gasteiger partial charge in [-0.2, -0.15) is 5.10 Å². The van der Waals surface area contributed by atoms with Gasteiger partial charge in [0, 0.05) is 32.1 Å². The molecule has 7 heteroatoms. The number of hydrogen-bond acceptors (Lipinski definition) is 3. The molecule has 0 aliphatic rings. The van der Waals surface area contributed by atoms with Gasteiger partial charge in [0.25, 0.3) is 5.91 Å². The van der Waals surface area contributed by atoms with Crippen molar-refractivity contribution in [2.24, 2.45) is 14.1 Å². The first-order chi connectivity index (χ1) is 8.99. The van der Waals surface area contributed by atoms with E-state index < -0.39 is 17.9 Å². The van der Waals surface area contributed by atoms with Crippen molar-refractivity contribution >= 4 is 11.9 Å². The normalized spacial score (nSPS) is 12.1. The van der Waals surface area contributed by atoms with Crippen molar-refractivity contribution < 1.29 is 14.7 Å². The van der Waals surface area contributed by atoms with Gasteiger partial charge in [0.05, 0.1) is 6.20 Å². The summed E-state index contributed by atoms with van der Waals surface area (Å²) in [4.78, 5) is 23.2. The summed E-state index contributed by atoms with van der Waals surface area (Å²) in [6.07, 6.45) is 4.70. The SMILES string of the molecule is Cn1cc(C(NC(=O)c2cccn2C)C(=O)O)cn1. The Labute approximate surface area is 109 Å². The summed E-state index contributed by atoms with van der Waals surface area (Å²) in [6.45, 7) is 0. The molecule has 1 unspecified atom stereocenters. The van der Waals surface area contributed by atoms with Crippen molar-refractivity contribution in [2.75, 3.05) is 0 Å². The lowest BCUT2D eigenvalue weighted by Gasteiger charge is -2.13. The zero-order valence-electron chi connectivity index (χ0n) is 10.6. The summed E-state index contributed by atoms with van der Waals surface area (Å²) in [7, 11) is 3.40. The van der Waals surface area contributed by atoms with Gasteiger partial charge in [0.15, 0.2) is 6.04 Å². The van der Waals surface area contributed by atoms with Gasteiger partial charge in [-0.1, -0.05) is 0 Å². The van der Waals surface area contributed by atoms with E-state index in [4.69, 9.17) is 0 Å². The molecule has 0 bridgehead atoms. The van der Waals surface area contributed by atoms with Crippen LogP contribution in [0.15, 0.2) is 30.7 Å². The molecule has 0 aliphatic heterocycles. The molecule has 2 aromatic rings. The molecule has 0 saturated carbocycles. The Balaban J connectivity index is 2.21. The summed E-state index contributed by atoms with van der Waals surface area (Å²) in [5.74, 6) is -1.57. The lowest BCUT2D eigenvalue weighted by molar-refractivity contribution is -0.139. The highest BCUT2D eigenvalue weighted by atomic mass is 16.4. The molecule has 0 aliphatic carbocycles. The molecule has 2 aromatic heterocycles. The first-order valence-corrected chi connectivity index (χ1v) is 5.62. The van der Waals surface area contributed by atoms with Crippen molar-refractivity contribution in [1.82, 2.24) is 19.7 Å². The van der Waals surface area contributed by atoms with Crippen LogP contribution in [0.4, 0.5) is 0 Å². The van der Waals surface area contributed by atoms with E-state index in [9.17, 15) is 14.7 Å². The monoisotopic (exact) mass is 262 g/mol. The number of nitrogens with zero attached hydrogens (tertiary/aromatic N) is 3. The van der Waals surface area contributed by atoms with Crippen molar-refractivity contribution in [3.63, 3.8) is 0 Å². The molecule has 1 amide bonds. The highest BCUT2D eigenvalue weighted by Gasteiger charge is 2.24. The molecule has 2 N–H and O–H groups in total. The highest BCUT2D eigenvalue weighted by Crippen LogP contribution is 2.13. The molecule has 2 rings (SSSR count). The molecule has 2 heterocycles. The van der Waals surface area contributed by atoms with Crippen molar-refractivity contribution in [2.45, 2.75) is 6.04 Å². The molecule has 1 atom stereocenters. The number of amides is 1. The predicted octanol–water partition coefficient (Wildman–Crippen LogP) is 0.314. The number of carbonyl (C=O) groups excluding carboxylic acids is 1. The van der Waals surface area contributed by atoms with Crippen LogP contribution in [0.25, 0.3) is 0 Å². The molecule has 0 saturated heterocycles. The van der Waals surface area contributed by atoms with E-state index in [1.807, 2.05) is 0 Å². The maximum Gasteiger partial charge on any atom is 0.331 e. The number of carboxylic acids is 1. The highest BCUT2D eigenvalue weighted by molar-refractivity contribution is 5.95. The summed E-state index contributed by atoms with van der Waals surface area (Å²) in [6, 6.07) is 2.22. The van der Waals surface area contributed by atoms with Crippen molar-refractivity contribution in [1.29, 1.82) is 0 Å². The second-order valence-corrected chi connectivity index (χ2v) is 4.20. The van der Waals surface area contributed by atoms with E-state index in [1.54, 1.807) is 43.2 Å². The molecule has 19 heavy (non-hydrogen) atoms. The molecule has 0 spiro atoms. The molecule has 7 nitrogen and oxygen atoms in total. The first kappa shape index (κ1) is 12.9. The maximum atomic E-state index is 12.0. The second-order valence-electron chi connectivity index (χ2n) is 4.20. The zero-order valence-corrected chi connectivity index (χ0v) is 10.6. The number of aryl methyl sites for hydroxylation is 2. The van der Waals surface area contributed by atoms with E-state index in [0.717, 1.165) is 0 Å². The Morgan fingerprint density at radius 3 is 2.63 bits per heavy atom. The van der Waals surface area contributed by atoms with E-state index in [1.165, 1.54) is 10.9 Å². The topological polar surface area (TPSA) is 89.2 Å². The molecule has 0 aromatic carbocycles. The Kier molecular flexibility index (Phi) is 3.37. The van der Waals surface area contributed by atoms with Gasteiger partial charge in [-0.05, 0) is 12.1 Å². The number of nitrogens with one attached hydrogen (secondary N) is 1. The number of rotatable bonds is 4. The zero-order chi connectivity index (χ0) is 14.0. The number of carboxylic acid groups (broad SMARTS) is 1. The average molecular weight is 262 g/mol. The predicted molar refractivity (Wildman–Crippen MR) is 66.5 cm³/mol. The van der Waals surface area contributed by atoms with Crippen LogP contribution in [-0.4, -0.2) is 31.3 Å². The fourth-order valence-corrected chi connectivity index (χ4v) is 1.78. The van der Waals surface area contributed by atoms with E-state index >= 15 is 0 Å². The van der Waals surface area contributed by atoms with Crippen molar-refractivity contribution in [3.05, 3.63) is 42.0 Å². The van der Waals surface area contributed by atoms with Gasteiger partial charge in [0.1, 0.15) is 5.69 Å². The van der Waals surface area contributed by atoms with Crippen LogP contribution in [0.2, 0.25) is 0 Å². The van der Waals surface area contributed by atoms with Crippen LogP contribution in [0.5, 0.6) is 0 Å². The summed E-state index contributed by atoms with van der Waals surface area (Å²) in [5, 5.41) is 15.6. The number of carbonyl (C=O) groups is 2. The van der Waals surface area contributed by atoms with Gasteiger partial charge < -0.3 is 15.0 Å². The summed E-state index contributed by atoms with van der Waals surface area (Å²) in [5.41, 5.74) is 0.827. The second kappa shape index (κ2) is 4.97. The summed E-state index contributed by atoms with van der Waals surface area (Å²) >= 11 is 0. The Morgan fingerprint density at radius 2 is 2.16 bits per heavy atom.